The fourth-order valence-corrected chi connectivity index (χ4v) is 5.45. The SMILES string of the molecule is CS(=O)(=O)N1CCC[C@@H]1COc1ccc(C[C@H](NC(=O)c2c(Cl)cccc2Cl)C(=O)O)cc1. The van der Waals surface area contributed by atoms with Gasteiger partial charge in [0.25, 0.3) is 5.91 Å². The summed E-state index contributed by atoms with van der Waals surface area (Å²) in [6.45, 7) is 0.728. The van der Waals surface area contributed by atoms with Crippen molar-refractivity contribution in [3.63, 3.8) is 0 Å². The van der Waals surface area contributed by atoms with Gasteiger partial charge in [-0.2, -0.15) is 4.31 Å². The van der Waals surface area contributed by atoms with E-state index in [2.05, 4.69) is 5.32 Å². The van der Waals surface area contributed by atoms with Crippen molar-refractivity contribution in [2.75, 3.05) is 19.4 Å². The first-order valence-electron chi connectivity index (χ1n) is 10.2. The van der Waals surface area contributed by atoms with Gasteiger partial charge in [-0.3, -0.25) is 4.79 Å². The molecule has 8 nitrogen and oxygen atoms in total. The van der Waals surface area contributed by atoms with Crippen LogP contribution in [-0.4, -0.2) is 61.2 Å². The number of hydrogen-bond donors (Lipinski definition) is 2. The van der Waals surface area contributed by atoms with E-state index in [9.17, 15) is 23.1 Å². The molecule has 1 heterocycles. The molecule has 3 rings (SSSR count). The van der Waals surface area contributed by atoms with Gasteiger partial charge in [0, 0.05) is 13.0 Å². The van der Waals surface area contributed by atoms with E-state index in [1.54, 1.807) is 30.3 Å². The van der Waals surface area contributed by atoms with Crippen LogP contribution in [0.5, 0.6) is 5.75 Å². The van der Waals surface area contributed by atoms with Crippen molar-refractivity contribution < 1.29 is 27.9 Å². The van der Waals surface area contributed by atoms with Crippen molar-refractivity contribution in [2.45, 2.75) is 31.3 Å². The minimum Gasteiger partial charge on any atom is -0.492 e. The number of aliphatic carboxylic acids is 1. The van der Waals surface area contributed by atoms with Gasteiger partial charge in [0.1, 0.15) is 18.4 Å². The van der Waals surface area contributed by atoms with E-state index in [4.69, 9.17) is 27.9 Å². The summed E-state index contributed by atoms with van der Waals surface area (Å²) >= 11 is 12.1. The van der Waals surface area contributed by atoms with E-state index >= 15 is 0 Å². The van der Waals surface area contributed by atoms with Crippen molar-refractivity contribution in [3.8, 4) is 5.75 Å². The second-order valence-corrected chi connectivity index (χ2v) is 10.5. The zero-order valence-corrected chi connectivity index (χ0v) is 20.2. The summed E-state index contributed by atoms with van der Waals surface area (Å²) in [7, 11) is -3.27. The van der Waals surface area contributed by atoms with Crippen LogP contribution in [-0.2, 0) is 21.2 Å². The third-order valence-corrected chi connectivity index (χ3v) is 7.31. The van der Waals surface area contributed by atoms with Gasteiger partial charge in [-0.15, -0.1) is 0 Å². The number of nitrogens with zero attached hydrogens (tertiary/aromatic N) is 1. The lowest BCUT2D eigenvalue weighted by molar-refractivity contribution is -0.139. The summed E-state index contributed by atoms with van der Waals surface area (Å²) in [6.07, 6.45) is 2.76. The summed E-state index contributed by atoms with van der Waals surface area (Å²) in [4.78, 5) is 24.3. The van der Waals surface area contributed by atoms with Crippen LogP contribution in [0.4, 0.5) is 0 Å². The van der Waals surface area contributed by atoms with Crippen molar-refractivity contribution >= 4 is 45.1 Å². The number of nitrogens with one attached hydrogen (secondary N) is 1. The average molecular weight is 515 g/mol. The Morgan fingerprint density at radius 2 is 1.82 bits per heavy atom. The summed E-state index contributed by atoms with van der Waals surface area (Å²) in [6, 6.07) is 9.94. The molecule has 2 N–H and O–H groups in total. The van der Waals surface area contributed by atoms with Gasteiger partial charge in [0.05, 0.1) is 27.9 Å². The lowest BCUT2D eigenvalue weighted by Crippen LogP contribution is -2.42. The Morgan fingerprint density at radius 1 is 1.18 bits per heavy atom. The Kier molecular flexibility index (Phi) is 8.23. The maximum atomic E-state index is 12.5. The van der Waals surface area contributed by atoms with Gasteiger partial charge in [0.15, 0.2) is 0 Å². The van der Waals surface area contributed by atoms with Crippen LogP contribution >= 0.6 is 23.2 Å². The first-order valence-corrected chi connectivity index (χ1v) is 12.8. The van der Waals surface area contributed by atoms with Crippen LogP contribution in [0.2, 0.25) is 10.0 Å². The molecule has 0 unspecified atom stereocenters. The highest BCUT2D eigenvalue weighted by atomic mass is 35.5. The first-order chi connectivity index (χ1) is 15.6. The maximum Gasteiger partial charge on any atom is 0.326 e. The van der Waals surface area contributed by atoms with Crippen LogP contribution in [0.15, 0.2) is 42.5 Å². The zero-order valence-electron chi connectivity index (χ0n) is 17.8. The van der Waals surface area contributed by atoms with Crippen molar-refractivity contribution in [2.24, 2.45) is 0 Å². The molecule has 1 amide bonds. The highest BCUT2D eigenvalue weighted by Crippen LogP contribution is 2.25. The summed E-state index contributed by atoms with van der Waals surface area (Å²) < 4.78 is 30.9. The van der Waals surface area contributed by atoms with Gasteiger partial charge >= 0.3 is 5.97 Å². The maximum absolute atomic E-state index is 12.5. The predicted molar refractivity (Wildman–Crippen MR) is 126 cm³/mol. The van der Waals surface area contributed by atoms with E-state index in [-0.39, 0.29) is 34.7 Å². The third kappa shape index (κ3) is 6.60. The molecule has 178 valence electrons. The number of carbonyl (C=O) groups excluding carboxylic acids is 1. The normalized spacial score (nSPS) is 17.5. The molecule has 0 aliphatic carbocycles. The second kappa shape index (κ2) is 10.7. The largest absolute Gasteiger partial charge is 0.492 e. The fourth-order valence-electron chi connectivity index (χ4n) is 3.71. The number of sulfonamides is 1. The quantitative estimate of drug-likeness (QED) is 0.531. The highest BCUT2D eigenvalue weighted by molar-refractivity contribution is 7.88. The molecule has 2 aromatic carbocycles. The van der Waals surface area contributed by atoms with Crippen molar-refractivity contribution in [1.82, 2.24) is 9.62 Å². The van der Waals surface area contributed by atoms with E-state index in [0.717, 1.165) is 12.8 Å². The number of ether oxygens (including phenoxy) is 1. The number of carboxylic acids is 1. The molecular formula is C22H24Cl2N2O6S. The van der Waals surface area contributed by atoms with Crippen LogP contribution in [0.1, 0.15) is 28.8 Å². The smallest absolute Gasteiger partial charge is 0.326 e. The van der Waals surface area contributed by atoms with E-state index in [0.29, 0.717) is 17.9 Å². The van der Waals surface area contributed by atoms with Gasteiger partial charge in [-0.05, 0) is 42.7 Å². The molecule has 33 heavy (non-hydrogen) atoms. The Hall–Kier alpha value is -2.33. The van der Waals surface area contributed by atoms with Gasteiger partial charge in [-0.1, -0.05) is 41.4 Å². The van der Waals surface area contributed by atoms with Gasteiger partial charge in [-0.25, -0.2) is 13.2 Å². The number of hydrogen-bond acceptors (Lipinski definition) is 5. The van der Waals surface area contributed by atoms with E-state index in [1.807, 2.05) is 0 Å². The van der Waals surface area contributed by atoms with Crippen molar-refractivity contribution in [1.29, 1.82) is 0 Å². The average Bonchev–Trinajstić information content (AvgIpc) is 3.22. The predicted octanol–water partition coefficient (Wildman–Crippen LogP) is 3.22. The summed E-state index contributed by atoms with van der Waals surface area (Å²) in [5, 5.41) is 12.3. The van der Waals surface area contributed by atoms with E-state index < -0.39 is 27.9 Å². The minimum absolute atomic E-state index is 0.0193. The molecule has 1 fully saturated rings. The Morgan fingerprint density at radius 3 is 2.39 bits per heavy atom. The highest BCUT2D eigenvalue weighted by Gasteiger charge is 2.31. The number of rotatable bonds is 9. The molecule has 0 aromatic heterocycles. The lowest BCUT2D eigenvalue weighted by Gasteiger charge is -2.22. The van der Waals surface area contributed by atoms with Crippen LogP contribution < -0.4 is 10.1 Å². The monoisotopic (exact) mass is 514 g/mol. The molecule has 2 aromatic rings. The van der Waals surface area contributed by atoms with Crippen LogP contribution in [0, 0.1) is 0 Å². The van der Waals surface area contributed by atoms with Crippen molar-refractivity contribution in [3.05, 3.63) is 63.6 Å². The third-order valence-electron chi connectivity index (χ3n) is 5.35. The standard InChI is InChI=1S/C22H24Cl2N2O6S/c1-33(30,31)26-11-3-4-15(26)13-32-16-9-7-14(8-10-16)12-19(22(28)29)25-21(27)20-17(23)5-2-6-18(20)24/h2,5-10,15,19H,3-4,11-13H2,1H3,(H,25,27)(H,28,29)/t15-,19+/m1/s1. The Bertz CT molecular complexity index is 1100. The molecule has 1 saturated heterocycles. The first kappa shape index (κ1) is 25.3. The molecule has 1 aliphatic rings. The second-order valence-electron chi connectivity index (χ2n) is 7.79. The molecule has 0 saturated carbocycles. The number of carboxylic acid groups (broad SMARTS) is 1. The lowest BCUT2D eigenvalue weighted by atomic mass is 10.1. The molecule has 2 atom stereocenters. The summed E-state index contributed by atoms with van der Waals surface area (Å²) in [5.74, 6) is -1.34. The number of amides is 1. The molecule has 0 spiro atoms. The zero-order chi connectivity index (χ0) is 24.2. The topological polar surface area (TPSA) is 113 Å². The number of benzene rings is 2. The van der Waals surface area contributed by atoms with Crippen LogP contribution in [0.25, 0.3) is 0 Å². The molecule has 0 bridgehead atoms. The molecule has 1 aliphatic heterocycles. The minimum atomic E-state index is -3.27. The number of halogens is 2. The molecular weight excluding hydrogens is 491 g/mol. The summed E-state index contributed by atoms with van der Waals surface area (Å²) in [5.41, 5.74) is 0.685. The molecule has 11 heteroatoms. The van der Waals surface area contributed by atoms with Gasteiger partial charge in [0.2, 0.25) is 10.0 Å². The van der Waals surface area contributed by atoms with Gasteiger partial charge < -0.3 is 15.2 Å². The Balaban J connectivity index is 1.61. The fraction of sp³-hybridized carbons (Fsp3) is 0.364. The van der Waals surface area contributed by atoms with Crippen LogP contribution in [0.3, 0.4) is 0 Å². The molecule has 0 radical (unpaired) electrons. The van der Waals surface area contributed by atoms with E-state index in [1.165, 1.54) is 22.7 Å². The number of carbonyl (C=O) groups is 2. The Labute approximate surface area is 202 Å².